The minimum absolute atomic E-state index is 0.0937. The molecule has 0 N–H and O–H groups in total. The summed E-state index contributed by atoms with van der Waals surface area (Å²) in [6.07, 6.45) is 0.826. The fourth-order valence-corrected chi connectivity index (χ4v) is 3.03. The Morgan fingerprint density at radius 2 is 1.78 bits per heavy atom. The molecule has 7 heteroatoms. The summed E-state index contributed by atoms with van der Waals surface area (Å²) in [4.78, 5) is 0. The maximum Gasteiger partial charge on any atom is 0.390 e. The molecule has 0 aliphatic heterocycles. The third kappa shape index (κ3) is 6.50. The number of hydrogen-bond acceptors (Lipinski definition) is 2. The van der Waals surface area contributed by atoms with E-state index in [2.05, 4.69) is 5.92 Å². The normalized spacial score (nSPS) is 16.0. The van der Waals surface area contributed by atoms with E-state index in [9.17, 15) is 21.6 Å². The third-order valence-corrected chi connectivity index (χ3v) is 5.63. The first kappa shape index (κ1) is 17.6. The third-order valence-electron chi connectivity index (χ3n) is 2.50. The van der Waals surface area contributed by atoms with Crippen LogP contribution in [0.15, 0.2) is 0 Å². The van der Waals surface area contributed by atoms with Crippen molar-refractivity contribution >= 4 is 21.4 Å². The van der Waals surface area contributed by atoms with Gasteiger partial charge in [0.15, 0.2) is 9.84 Å². The lowest BCUT2D eigenvalue weighted by Gasteiger charge is -2.22. The quantitative estimate of drug-likeness (QED) is 0.410. The van der Waals surface area contributed by atoms with Crippen LogP contribution in [-0.4, -0.2) is 24.6 Å². The highest BCUT2D eigenvalue weighted by Crippen LogP contribution is 2.32. The van der Waals surface area contributed by atoms with Crippen LogP contribution in [0.25, 0.3) is 0 Å². The Hall–Kier alpha value is -0.410. The van der Waals surface area contributed by atoms with Crippen molar-refractivity contribution in [1.82, 2.24) is 0 Å². The number of sulfone groups is 1. The largest absolute Gasteiger partial charge is 0.390 e. The summed E-state index contributed by atoms with van der Waals surface area (Å²) in [5.74, 6) is 1.42. The Labute approximate surface area is 111 Å². The van der Waals surface area contributed by atoms with Gasteiger partial charge in [0.05, 0.1) is 12.2 Å². The lowest BCUT2D eigenvalue weighted by atomic mass is 10.1. The first-order valence-corrected chi connectivity index (χ1v) is 7.46. The molecule has 2 nitrogen and oxygen atoms in total. The van der Waals surface area contributed by atoms with E-state index in [1.54, 1.807) is 0 Å². The van der Waals surface area contributed by atoms with Crippen LogP contribution < -0.4 is 0 Å². The molecule has 0 radical (unpaired) electrons. The molecule has 0 aromatic rings. The fraction of sp³-hybridized carbons (Fsp3) is 0.818. The smallest absolute Gasteiger partial charge is 0.227 e. The van der Waals surface area contributed by atoms with Gasteiger partial charge in [0.25, 0.3) is 0 Å². The van der Waals surface area contributed by atoms with Gasteiger partial charge in [-0.1, -0.05) is 0 Å². The van der Waals surface area contributed by atoms with Gasteiger partial charge in [-0.3, -0.25) is 0 Å². The first-order valence-electron chi connectivity index (χ1n) is 5.43. The number of hydrogen-bond donors (Lipinski definition) is 0. The zero-order valence-corrected chi connectivity index (χ0v) is 11.6. The Morgan fingerprint density at radius 1 is 1.22 bits per heavy atom. The molecule has 18 heavy (non-hydrogen) atoms. The van der Waals surface area contributed by atoms with Gasteiger partial charge < -0.3 is 0 Å². The van der Waals surface area contributed by atoms with Crippen molar-refractivity contribution in [2.75, 3.05) is 5.75 Å². The van der Waals surface area contributed by atoms with Crippen LogP contribution in [0.3, 0.4) is 0 Å². The molecule has 0 spiro atoms. The molecule has 0 aliphatic rings. The molecule has 0 saturated carbocycles. The van der Waals surface area contributed by atoms with Crippen molar-refractivity contribution in [2.45, 2.75) is 49.4 Å². The summed E-state index contributed by atoms with van der Waals surface area (Å²) in [5.41, 5.74) is 0. The van der Waals surface area contributed by atoms with E-state index in [0.717, 1.165) is 0 Å². The second kappa shape index (κ2) is 6.67. The van der Waals surface area contributed by atoms with Crippen molar-refractivity contribution in [2.24, 2.45) is 0 Å². The van der Waals surface area contributed by atoms with Gasteiger partial charge in [0.1, 0.15) is 4.21 Å². The lowest BCUT2D eigenvalue weighted by molar-refractivity contribution is -0.129. The molecule has 0 bridgehead atoms. The van der Waals surface area contributed by atoms with E-state index in [-0.39, 0.29) is 6.42 Å². The van der Waals surface area contributed by atoms with Crippen LogP contribution in [0.1, 0.15) is 39.0 Å². The van der Waals surface area contributed by atoms with Crippen LogP contribution in [-0.2, 0) is 9.84 Å². The highest BCUT2D eigenvalue weighted by molar-refractivity contribution is 7.94. The first-order chi connectivity index (χ1) is 8.02. The minimum atomic E-state index is -4.50. The maximum absolute atomic E-state index is 12.0. The molecular formula is C11H16ClF3O2S. The summed E-state index contributed by atoms with van der Waals surface area (Å²) in [7, 11) is -3.99. The van der Waals surface area contributed by atoms with Crippen molar-refractivity contribution in [3.63, 3.8) is 0 Å². The average Bonchev–Trinajstić information content (AvgIpc) is 2.21. The number of unbranched alkanes of at least 4 members (excludes halogenated alkanes) is 2. The molecule has 0 rings (SSSR count). The Morgan fingerprint density at radius 3 is 2.22 bits per heavy atom. The zero-order valence-electron chi connectivity index (χ0n) is 10.1. The molecule has 0 amide bonds. The fourth-order valence-electron chi connectivity index (χ4n) is 1.29. The molecule has 0 aliphatic carbocycles. The van der Waals surface area contributed by atoms with Gasteiger partial charge in [-0.15, -0.1) is 23.9 Å². The van der Waals surface area contributed by atoms with E-state index in [4.69, 9.17) is 18.0 Å². The van der Waals surface area contributed by atoms with E-state index >= 15 is 0 Å². The van der Waals surface area contributed by atoms with Crippen molar-refractivity contribution in [3.8, 4) is 12.3 Å². The second-order valence-electron chi connectivity index (χ2n) is 4.20. The zero-order chi connectivity index (χ0) is 14.4. The summed E-state index contributed by atoms with van der Waals surface area (Å²) in [6, 6.07) is 0. The average molecular weight is 305 g/mol. The summed E-state index contributed by atoms with van der Waals surface area (Å²) in [5, 5.41) is 0. The van der Waals surface area contributed by atoms with E-state index in [1.807, 2.05) is 0 Å². The highest BCUT2D eigenvalue weighted by Gasteiger charge is 2.39. The van der Waals surface area contributed by atoms with Gasteiger partial charge in [-0.25, -0.2) is 8.42 Å². The predicted octanol–water partition coefficient (Wildman–Crippen LogP) is 3.50. The van der Waals surface area contributed by atoms with Crippen LogP contribution in [0.4, 0.5) is 13.2 Å². The van der Waals surface area contributed by atoms with E-state index in [1.165, 1.54) is 6.92 Å². The van der Waals surface area contributed by atoms with E-state index < -0.39 is 32.4 Å². The minimum Gasteiger partial charge on any atom is -0.227 e. The molecule has 1 unspecified atom stereocenters. The molecule has 1 atom stereocenters. The molecule has 0 fully saturated rings. The molecule has 106 valence electrons. The van der Waals surface area contributed by atoms with Crippen molar-refractivity contribution in [3.05, 3.63) is 0 Å². The second-order valence-corrected chi connectivity index (χ2v) is 7.79. The van der Waals surface area contributed by atoms with Crippen molar-refractivity contribution in [1.29, 1.82) is 0 Å². The SMILES string of the molecule is C#CCCCCC(C)(Cl)S(=O)(=O)CCC(F)(F)F. The standard InChI is InChI=1S/C11H16ClF3O2S/c1-3-4-5-6-7-10(2,12)18(16,17)9-8-11(13,14)15/h1H,4-9H2,2H3. The summed E-state index contributed by atoms with van der Waals surface area (Å²) in [6.45, 7) is 1.23. The molecular weight excluding hydrogens is 289 g/mol. The lowest BCUT2D eigenvalue weighted by Crippen LogP contribution is -2.33. The Bertz CT molecular complexity index is 393. The Balaban J connectivity index is 4.43. The van der Waals surface area contributed by atoms with Gasteiger partial charge in [-0.2, -0.15) is 13.2 Å². The number of alkyl halides is 4. The maximum atomic E-state index is 12.0. The molecule has 0 aromatic heterocycles. The molecule has 0 saturated heterocycles. The van der Waals surface area contributed by atoms with E-state index in [0.29, 0.717) is 19.3 Å². The van der Waals surface area contributed by atoms with Gasteiger partial charge >= 0.3 is 6.18 Å². The van der Waals surface area contributed by atoms with Crippen LogP contribution in [0.5, 0.6) is 0 Å². The number of terminal acetylenes is 1. The molecule has 0 aromatic carbocycles. The van der Waals surface area contributed by atoms with Gasteiger partial charge in [-0.05, 0) is 26.2 Å². The van der Waals surface area contributed by atoms with Gasteiger partial charge in [0.2, 0.25) is 0 Å². The van der Waals surface area contributed by atoms with Crippen molar-refractivity contribution < 1.29 is 21.6 Å². The summed E-state index contributed by atoms with van der Waals surface area (Å²) < 4.78 is 57.7. The van der Waals surface area contributed by atoms with Gasteiger partial charge in [0, 0.05) is 6.42 Å². The van der Waals surface area contributed by atoms with Crippen LogP contribution >= 0.6 is 11.6 Å². The summed E-state index contributed by atoms with van der Waals surface area (Å²) >= 11 is 5.83. The molecule has 0 heterocycles. The van der Waals surface area contributed by atoms with Crippen LogP contribution in [0.2, 0.25) is 0 Å². The topological polar surface area (TPSA) is 34.1 Å². The number of rotatable bonds is 7. The Kier molecular flexibility index (Phi) is 6.52. The monoisotopic (exact) mass is 304 g/mol. The highest BCUT2D eigenvalue weighted by atomic mass is 35.5. The number of halogens is 4. The van der Waals surface area contributed by atoms with Crippen LogP contribution in [0, 0.1) is 12.3 Å². The predicted molar refractivity (Wildman–Crippen MR) is 66.0 cm³/mol.